The third kappa shape index (κ3) is 2.97. The van der Waals surface area contributed by atoms with Gasteiger partial charge in [0.1, 0.15) is 5.75 Å². The standard InChI is InChI=1S/C21H22N4O2/c1-4-5-6-14-12(2)23-20-16(24-14)8-7-15-19(20)13(21(26)25-15)11-17-18(27-3)9-10-22-17/h7-11,22H,4-6H2,1-3H3,(H,25,26)/b13-11-. The number of ether oxygens (including phenoxy) is 1. The monoisotopic (exact) mass is 362 g/mol. The summed E-state index contributed by atoms with van der Waals surface area (Å²) in [5.74, 6) is 0.539. The van der Waals surface area contributed by atoms with Crippen LogP contribution in [0.1, 0.15) is 42.4 Å². The number of anilines is 1. The van der Waals surface area contributed by atoms with Gasteiger partial charge in [0.2, 0.25) is 0 Å². The molecule has 1 aliphatic heterocycles. The van der Waals surface area contributed by atoms with Gasteiger partial charge in [0, 0.05) is 11.8 Å². The zero-order valence-electron chi connectivity index (χ0n) is 15.7. The SMILES string of the molecule is CCCCc1nc2ccc3c(c2nc1C)/C(=C/c1[nH]ccc1OC)C(=O)N3. The number of nitrogens with zero attached hydrogens (tertiary/aromatic N) is 2. The van der Waals surface area contributed by atoms with E-state index in [1.165, 1.54) is 0 Å². The molecule has 2 N–H and O–H groups in total. The molecule has 27 heavy (non-hydrogen) atoms. The summed E-state index contributed by atoms with van der Waals surface area (Å²) in [5.41, 5.74) is 6.37. The van der Waals surface area contributed by atoms with Gasteiger partial charge < -0.3 is 15.0 Å². The fraction of sp³-hybridized carbons (Fsp3) is 0.286. The normalized spacial score (nSPS) is 14.6. The van der Waals surface area contributed by atoms with E-state index >= 15 is 0 Å². The van der Waals surface area contributed by atoms with Crippen LogP contribution in [0, 0.1) is 6.92 Å². The Hall–Kier alpha value is -3.15. The first kappa shape index (κ1) is 17.3. The van der Waals surface area contributed by atoms with Gasteiger partial charge in [0.15, 0.2) is 0 Å². The van der Waals surface area contributed by atoms with Crippen LogP contribution in [-0.4, -0.2) is 28.0 Å². The predicted octanol–water partition coefficient (Wildman–Crippen LogP) is 4.11. The lowest BCUT2D eigenvalue weighted by Crippen LogP contribution is -2.03. The summed E-state index contributed by atoms with van der Waals surface area (Å²) in [7, 11) is 1.61. The van der Waals surface area contributed by atoms with Crippen molar-refractivity contribution < 1.29 is 9.53 Å². The van der Waals surface area contributed by atoms with E-state index in [-0.39, 0.29) is 5.91 Å². The molecule has 0 aliphatic carbocycles. The van der Waals surface area contributed by atoms with Gasteiger partial charge in [-0.15, -0.1) is 0 Å². The van der Waals surface area contributed by atoms with Crippen LogP contribution in [0.15, 0.2) is 24.4 Å². The van der Waals surface area contributed by atoms with Crippen LogP contribution in [0.2, 0.25) is 0 Å². The van der Waals surface area contributed by atoms with Crippen LogP contribution < -0.4 is 10.1 Å². The molecule has 0 spiro atoms. The molecule has 3 heterocycles. The number of hydrogen-bond donors (Lipinski definition) is 2. The summed E-state index contributed by atoms with van der Waals surface area (Å²) in [6.07, 6.45) is 6.71. The second-order valence-electron chi connectivity index (χ2n) is 6.69. The lowest BCUT2D eigenvalue weighted by atomic mass is 10.0. The maximum atomic E-state index is 12.6. The predicted molar refractivity (Wildman–Crippen MR) is 107 cm³/mol. The number of fused-ring (bicyclic) bond motifs is 3. The average Bonchev–Trinajstić information content (AvgIpc) is 3.24. The van der Waals surface area contributed by atoms with Crippen molar-refractivity contribution >= 4 is 34.3 Å². The van der Waals surface area contributed by atoms with Gasteiger partial charge in [0.05, 0.1) is 46.5 Å². The van der Waals surface area contributed by atoms with Crippen molar-refractivity contribution in [3.63, 3.8) is 0 Å². The van der Waals surface area contributed by atoms with Gasteiger partial charge in [0.25, 0.3) is 5.91 Å². The number of carbonyl (C=O) groups excluding carboxylic acids is 1. The zero-order chi connectivity index (χ0) is 19.0. The first-order chi connectivity index (χ1) is 13.1. The highest BCUT2D eigenvalue weighted by Crippen LogP contribution is 2.38. The molecule has 4 rings (SSSR count). The van der Waals surface area contributed by atoms with Gasteiger partial charge in [-0.25, -0.2) is 9.97 Å². The minimum atomic E-state index is -0.149. The Morgan fingerprint density at radius 1 is 1.22 bits per heavy atom. The minimum Gasteiger partial charge on any atom is -0.495 e. The molecule has 0 unspecified atom stereocenters. The van der Waals surface area contributed by atoms with Gasteiger partial charge in [-0.3, -0.25) is 4.79 Å². The van der Waals surface area contributed by atoms with E-state index in [9.17, 15) is 4.79 Å². The van der Waals surface area contributed by atoms with Crippen molar-refractivity contribution in [2.75, 3.05) is 12.4 Å². The number of nitrogens with one attached hydrogen (secondary N) is 2. The lowest BCUT2D eigenvalue weighted by molar-refractivity contribution is -0.110. The molecule has 6 nitrogen and oxygen atoms in total. The number of rotatable bonds is 5. The molecule has 3 aromatic rings. The van der Waals surface area contributed by atoms with Crippen LogP contribution in [0.3, 0.4) is 0 Å². The van der Waals surface area contributed by atoms with Gasteiger partial charge in [-0.05, 0) is 44.0 Å². The maximum absolute atomic E-state index is 12.6. The van der Waals surface area contributed by atoms with Crippen molar-refractivity contribution in [3.8, 4) is 5.75 Å². The smallest absolute Gasteiger partial charge is 0.256 e. The Labute approximate surface area is 157 Å². The van der Waals surface area contributed by atoms with Gasteiger partial charge >= 0.3 is 0 Å². The van der Waals surface area contributed by atoms with Crippen LogP contribution in [0.4, 0.5) is 5.69 Å². The second-order valence-corrected chi connectivity index (χ2v) is 6.69. The Morgan fingerprint density at radius 2 is 2.07 bits per heavy atom. The number of amides is 1. The first-order valence-corrected chi connectivity index (χ1v) is 9.17. The zero-order valence-corrected chi connectivity index (χ0v) is 15.7. The number of unbranched alkanes of at least 4 members (excludes halogenated alkanes) is 1. The van der Waals surface area contributed by atoms with Crippen molar-refractivity contribution in [2.45, 2.75) is 33.1 Å². The third-order valence-electron chi connectivity index (χ3n) is 4.89. The van der Waals surface area contributed by atoms with Crippen LogP contribution in [0.25, 0.3) is 22.7 Å². The fourth-order valence-corrected chi connectivity index (χ4v) is 3.44. The number of H-pyrrole nitrogens is 1. The van der Waals surface area contributed by atoms with E-state index in [0.717, 1.165) is 58.6 Å². The Kier molecular flexibility index (Phi) is 4.39. The molecular weight excluding hydrogens is 340 g/mol. The van der Waals surface area contributed by atoms with Crippen LogP contribution >= 0.6 is 0 Å². The Balaban J connectivity index is 1.88. The molecule has 0 saturated carbocycles. The summed E-state index contributed by atoms with van der Waals surface area (Å²) in [4.78, 5) is 25.4. The first-order valence-electron chi connectivity index (χ1n) is 9.17. The quantitative estimate of drug-likeness (QED) is 0.670. The van der Waals surface area contributed by atoms with Gasteiger partial charge in [-0.2, -0.15) is 0 Å². The van der Waals surface area contributed by atoms with Crippen molar-refractivity contribution in [1.82, 2.24) is 15.0 Å². The van der Waals surface area contributed by atoms with E-state index in [1.807, 2.05) is 25.1 Å². The molecule has 2 aromatic heterocycles. The van der Waals surface area contributed by atoms with Crippen molar-refractivity contribution in [3.05, 3.63) is 47.0 Å². The van der Waals surface area contributed by atoms with Crippen LogP contribution in [-0.2, 0) is 11.2 Å². The maximum Gasteiger partial charge on any atom is 0.256 e. The van der Waals surface area contributed by atoms with E-state index in [4.69, 9.17) is 14.7 Å². The van der Waals surface area contributed by atoms with E-state index in [1.54, 1.807) is 19.4 Å². The average molecular weight is 362 g/mol. The summed E-state index contributed by atoms with van der Waals surface area (Å²) in [6, 6.07) is 5.65. The number of aromatic amines is 1. The molecule has 0 radical (unpaired) electrons. The van der Waals surface area contributed by atoms with E-state index in [2.05, 4.69) is 17.2 Å². The van der Waals surface area contributed by atoms with Gasteiger partial charge in [-0.1, -0.05) is 13.3 Å². The largest absolute Gasteiger partial charge is 0.495 e. The molecule has 0 saturated heterocycles. The number of methoxy groups -OCH3 is 1. The summed E-state index contributed by atoms with van der Waals surface area (Å²) in [6.45, 7) is 4.15. The third-order valence-corrected chi connectivity index (χ3v) is 4.89. The lowest BCUT2D eigenvalue weighted by Gasteiger charge is -2.09. The second kappa shape index (κ2) is 6.87. The molecular formula is C21H22N4O2. The molecule has 1 aromatic carbocycles. The highest BCUT2D eigenvalue weighted by Gasteiger charge is 2.28. The van der Waals surface area contributed by atoms with Crippen LogP contribution in [0.5, 0.6) is 5.75 Å². The molecule has 138 valence electrons. The topological polar surface area (TPSA) is 79.9 Å². The Bertz CT molecular complexity index is 1070. The van der Waals surface area contributed by atoms with Crippen molar-refractivity contribution in [2.24, 2.45) is 0 Å². The van der Waals surface area contributed by atoms with E-state index in [0.29, 0.717) is 11.3 Å². The minimum absolute atomic E-state index is 0.149. The molecule has 6 heteroatoms. The molecule has 0 bridgehead atoms. The molecule has 1 aliphatic rings. The number of aromatic nitrogens is 3. The number of benzene rings is 1. The Morgan fingerprint density at radius 3 is 2.85 bits per heavy atom. The summed E-state index contributed by atoms with van der Waals surface area (Å²) >= 11 is 0. The highest BCUT2D eigenvalue weighted by molar-refractivity contribution is 6.37. The molecule has 0 fully saturated rings. The number of hydrogen-bond acceptors (Lipinski definition) is 4. The fourth-order valence-electron chi connectivity index (χ4n) is 3.44. The molecule has 1 amide bonds. The highest BCUT2D eigenvalue weighted by atomic mass is 16.5. The summed E-state index contributed by atoms with van der Waals surface area (Å²) in [5, 5.41) is 2.93. The van der Waals surface area contributed by atoms with Crippen molar-refractivity contribution in [1.29, 1.82) is 0 Å². The molecule has 0 atom stereocenters. The number of aryl methyl sites for hydroxylation is 2. The van der Waals surface area contributed by atoms with E-state index < -0.39 is 0 Å². The number of carbonyl (C=O) groups is 1. The summed E-state index contributed by atoms with van der Waals surface area (Å²) < 4.78 is 5.34.